The van der Waals surface area contributed by atoms with Crippen LogP contribution in [0.5, 0.6) is 0 Å². The Morgan fingerprint density at radius 2 is 2.05 bits per heavy atom. The van der Waals surface area contributed by atoms with Crippen LogP contribution in [-0.4, -0.2) is 44.9 Å². The molecule has 0 aliphatic carbocycles. The summed E-state index contributed by atoms with van der Waals surface area (Å²) in [6.45, 7) is -0.521. The second-order valence-electron chi connectivity index (χ2n) is 4.07. The van der Waals surface area contributed by atoms with E-state index in [4.69, 9.17) is 14.5 Å². The van der Waals surface area contributed by atoms with E-state index in [-0.39, 0.29) is 0 Å². The minimum Gasteiger partial charge on any atom is -0.387 e. The number of hydrogen-bond acceptors (Lipinski definition) is 5. The van der Waals surface area contributed by atoms with E-state index in [1.807, 2.05) is 0 Å². The van der Waals surface area contributed by atoms with Gasteiger partial charge in [-0.05, 0) is 0 Å². The third kappa shape index (κ3) is 3.58. The first-order valence-electron chi connectivity index (χ1n) is 5.48. The molecule has 1 saturated heterocycles. The SMILES string of the molecule is O=P(O)(O)OC[C@H]1O[C@@H]([n+]2[c-]cccc2)[C@H](O)[C@@H]1O. The number of phosphoric ester groups is 1. The van der Waals surface area contributed by atoms with Gasteiger partial charge in [-0.1, -0.05) is 0 Å². The van der Waals surface area contributed by atoms with Crippen molar-refractivity contribution in [2.24, 2.45) is 0 Å². The van der Waals surface area contributed by atoms with Gasteiger partial charge < -0.3 is 24.7 Å². The molecule has 0 saturated carbocycles. The molecule has 0 spiro atoms. The summed E-state index contributed by atoms with van der Waals surface area (Å²) in [5.74, 6) is 0. The molecule has 1 aromatic rings. The second kappa shape index (κ2) is 5.64. The highest BCUT2D eigenvalue weighted by atomic mass is 31.2. The Hall–Kier alpha value is -0.860. The second-order valence-corrected chi connectivity index (χ2v) is 5.31. The molecule has 1 aliphatic heterocycles. The molecule has 2 rings (SSSR count). The maximum absolute atomic E-state index is 10.6. The van der Waals surface area contributed by atoms with Crippen LogP contribution in [0.2, 0.25) is 0 Å². The van der Waals surface area contributed by atoms with Crippen molar-refractivity contribution in [2.75, 3.05) is 6.61 Å². The number of aliphatic hydroxyl groups excluding tert-OH is 2. The van der Waals surface area contributed by atoms with E-state index >= 15 is 0 Å². The van der Waals surface area contributed by atoms with E-state index in [0.29, 0.717) is 0 Å². The average Bonchev–Trinajstić information content (AvgIpc) is 2.64. The zero-order valence-corrected chi connectivity index (χ0v) is 10.6. The van der Waals surface area contributed by atoms with Crippen molar-refractivity contribution in [1.82, 2.24) is 0 Å². The average molecular weight is 291 g/mol. The normalized spacial score (nSPS) is 31.6. The number of nitrogens with zero attached hydrogens (tertiary/aromatic N) is 1. The zero-order chi connectivity index (χ0) is 14.0. The summed E-state index contributed by atoms with van der Waals surface area (Å²) in [5.41, 5.74) is 0. The number of aromatic nitrogens is 1. The Balaban J connectivity index is 2.04. The van der Waals surface area contributed by atoms with Crippen LogP contribution in [0.3, 0.4) is 0 Å². The maximum atomic E-state index is 10.6. The number of phosphoric acid groups is 1. The van der Waals surface area contributed by atoms with Gasteiger partial charge in [0.1, 0.15) is 18.4 Å². The smallest absolute Gasteiger partial charge is 0.387 e. The Labute approximate surface area is 109 Å². The van der Waals surface area contributed by atoms with E-state index in [9.17, 15) is 14.8 Å². The van der Waals surface area contributed by atoms with Crippen LogP contribution in [0.1, 0.15) is 6.23 Å². The van der Waals surface area contributed by atoms with Crippen molar-refractivity contribution in [3.8, 4) is 0 Å². The molecule has 0 amide bonds. The third-order valence-corrected chi connectivity index (χ3v) is 3.18. The van der Waals surface area contributed by atoms with Crippen molar-refractivity contribution in [3.63, 3.8) is 0 Å². The maximum Gasteiger partial charge on any atom is 0.469 e. The summed E-state index contributed by atoms with van der Waals surface area (Å²) in [5, 5.41) is 19.6. The number of ether oxygens (including phenoxy) is 1. The topological polar surface area (TPSA) is 120 Å². The minimum absolute atomic E-state index is 0.521. The molecular formula is C10H14NO7P. The fraction of sp³-hybridized carbons (Fsp3) is 0.500. The molecule has 8 nitrogen and oxygen atoms in total. The van der Waals surface area contributed by atoms with Gasteiger partial charge in [0.05, 0.1) is 12.8 Å². The van der Waals surface area contributed by atoms with Gasteiger partial charge >= 0.3 is 7.82 Å². The minimum atomic E-state index is -4.64. The first-order chi connectivity index (χ1) is 8.88. The van der Waals surface area contributed by atoms with E-state index in [1.165, 1.54) is 4.57 Å². The van der Waals surface area contributed by atoms with Gasteiger partial charge in [-0.25, -0.2) is 4.57 Å². The predicted molar refractivity (Wildman–Crippen MR) is 59.4 cm³/mol. The lowest BCUT2D eigenvalue weighted by Gasteiger charge is -2.13. The first kappa shape index (κ1) is 14.5. The molecular weight excluding hydrogens is 277 g/mol. The van der Waals surface area contributed by atoms with Crippen LogP contribution >= 0.6 is 7.82 Å². The molecule has 106 valence electrons. The lowest BCUT2D eigenvalue weighted by Crippen LogP contribution is -2.45. The van der Waals surface area contributed by atoms with Gasteiger partial charge in [0.2, 0.25) is 0 Å². The largest absolute Gasteiger partial charge is 0.469 e. The molecule has 4 atom stereocenters. The first-order valence-corrected chi connectivity index (χ1v) is 7.01. The number of aliphatic hydroxyl groups is 2. The molecule has 0 unspecified atom stereocenters. The van der Waals surface area contributed by atoms with Crippen molar-refractivity contribution in [2.45, 2.75) is 24.5 Å². The molecule has 9 heteroatoms. The lowest BCUT2D eigenvalue weighted by atomic mass is 10.1. The molecule has 1 aromatic heterocycles. The zero-order valence-electron chi connectivity index (χ0n) is 9.73. The summed E-state index contributed by atoms with van der Waals surface area (Å²) in [6.07, 6.45) is -0.0999. The monoisotopic (exact) mass is 291 g/mol. The molecule has 1 aliphatic rings. The molecule has 2 heterocycles. The van der Waals surface area contributed by atoms with Gasteiger partial charge in [-0.15, -0.1) is 12.1 Å². The van der Waals surface area contributed by atoms with Gasteiger partial charge in [0.25, 0.3) is 6.23 Å². The summed E-state index contributed by atoms with van der Waals surface area (Å²) in [4.78, 5) is 17.2. The van der Waals surface area contributed by atoms with Gasteiger partial charge in [0, 0.05) is 0 Å². The Bertz CT molecular complexity index is 464. The van der Waals surface area contributed by atoms with Crippen LogP contribution in [0.25, 0.3) is 0 Å². The van der Waals surface area contributed by atoms with E-state index in [0.717, 1.165) is 0 Å². The lowest BCUT2D eigenvalue weighted by molar-refractivity contribution is -0.769. The highest BCUT2D eigenvalue weighted by molar-refractivity contribution is 7.46. The quantitative estimate of drug-likeness (QED) is 0.303. The molecule has 19 heavy (non-hydrogen) atoms. The number of hydrogen-bond donors (Lipinski definition) is 4. The van der Waals surface area contributed by atoms with Crippen LogP contribution in [-0.2, 0) is 13.8 Å². The Morgan fingerprint density at radius 1 is 1.32 bits per heavy atom. The third-order valence-electron chi connectivity index (χ3n) is 2.70. The van der Waals surface area contributed by atoms with Gasteiger partial charge in [-0.3, -0.25) is 9.09 Å². The van der Waals surface area contributed by atoms with Crippen LogP contribution < -0.4 is 4.57 Å². The van der Waals surface area contributed by atoms with Crippen LogP contribution in [0, 0.1) is 6.20 Å². The Morgan fingerprint density at radius 3 is 2.63 bits per heavy atom. The number of rotatable bonds is 4. The van der Waals surface area contributed by atoms with Crippen molar-refractivity contribution >= 4 is 7.82 Å². The van der Waals surface area contributed by atoms with Gasteiger partial charge in [-0.2, -0.15) is 6.07 Å². The summed E-state index contributed by atoms with van der Waals surface area (Å²) in [6, 6.07) is 5.02. The molecule has 0 aromatic carbocycles. The highest BCUT2D eigenvalue weighted by Crippen LogP contribution is 2.37. The van der Waals surface area contributed by atoms with Crippen LogP contribution in [0.15, 0.2) is 24.4 Å². The summed E-state index contributed by atoms with van der Waals surface area (Å²) < 4.78 is 21.6. The fourth-order valence-electron chi connectivity index (χ4n) is 1.80. The molecule has 0 bridgehead atoms. The molecule has 0 radical (unpaired) electrons. The van der Waals surface area contributed by atoms with E-state index in [2.05, 4.69) is 10.7 Å². The van der Waals surface area contributed by atoms with Crippen LogP contribution in [0.4, 0.5) is 0 Å². The van der Waals surface area contributed by atoms with E-state index in [1.54, 1.807) is 24.4 Å². The molecule has 1 fully saturated rings. The Kier molecular flexibility index (Phi) is 4.32. The number of pyridine rings is 1. The fourth-order valence-corrected chi connectivity index (χ4v) is 2.14. The van der Waals surface area contributed by atoms with Gasteiger partial charge in [0.15, 0.2) is 6.10 Å². The summed E-state index contributed by atoms with van der Waals surface area (Å²) >= 11 is 0. The molecule has 4 N–H and O–H groups in total. The van der Waals surface area contributed by atoms with E-state index < -0.39 is 39.0 Å². The van der Waals surface area contributed by atoms with Crippen molar-refractivity contribution in [3.05, 3.63) is 30.6 Å². The summed E-state index contributed by atoms with van der Waals surface area (Å²) in [7, 11) is -4.64. The van der Waals surface area contributed by atoms with Crippen molar-refractivity contribution in [1.29, 1.82) is 0 Å². The van der Waals surface area contributed by atoms with Crippen molar-refractivity contribution < 1.29 is 38.4 Å². The highest BCUT2D eigenvalue weighted by Gasteiger charge is 2.47. The predicted octanol–water partition coefficient (Wildman–Crippen LogP) is -1.50. The standard InChI is InChI=1S/C10H14NO7P/c12-8-7(6-17-19(14,15)16)18-10(9(8)13)11-4-2-1-3-5-11/h1-4,7-10,12-13H,6H2,(H2,14,15,16)/t7-,8-,9-,10-/m1/s1.